The largest absolute Gasteiger partial charge is 0.378 e. The topological polar surface area (TPSA) is 99.5 Å². The van der Waals surface area contributed by atoms with E-state index in [0.29, 0.717) is 23.6 Å². The number of nitrogens with one attached hydrogen (secondary N) is 2. The third-order valence-electron chi connectivity index (χ3n) is 4.74. The van der Waals surface area contributed by atoms with Gasteiger partial charge in [0.15, 0.2) is 5.82 Å². The molecule has 8 heteroatoms. The van der Waals surface area contributed by atoms with Crippen LogP contribution in [0.25, 0.3) is 11.4 Å². The van der Waals surface area contributed by atoms with Gasteiger partial charge in [0, 0.05) is 18.2 Å². The molecular formula is C20H19FN6O. The lowest BCUT2D eigenvalue weighted by molar-refractivity contribution is 0.0174. The zero-order valence-electron chi connectivity index (χ0n) is 15.3. The van der Waals surface area contributed by atoms with Crippen LogP contribution in [0.2, 0.25) is 0 Å². The van der Waals surface area contributed by atoms with Crippen molar-refractivity contribution in [3.8, 4) is 17.5 Å². The summed E-state index contributed by atoms with van der Waals surface area (Å²) in [4.78, 5) is 15.9. The number of rotatable bonds is 4. The van der Waals surface area contributed by atoms with Crippen molar-refractivity contribution in [1.29, 1.82) is 5.26 Å². The molecule has 0 bridgehead atoms. The van der Waals surface area contributed by atoms with Gasteiger partial charge in [-0.3, -0.25) is 0 Å². The normalized spacial score (nSPS) is 19.2. The van der Waals surface area contributed by atoms with Crippen molar-refractivity contribution in [3.05, 3.63) is 53.9 Å². The van der Waals surface area contributed by atoms with Crippen molar-refractivity contribution in [1.82, 2.24) is 19.9 Å². The number of nitrogens with zero attached hydrogens (tertiary/aromatic N) is 4. The van der Waals surface area contributed by atoms with Crippen LogP contribution in [-0.2, 0) is 4.74 Å². The molecule has 1 fully saturated rings. The first-order valence-corrected chi connectivity index (χ1v) is 9.09. The Morgan fingerprint density at radius 1 is 1.25 bits per heavy atom. The molecular weight excluding hydrogens is 359 g/mol. The predicted molar refractivity (Wildman–Crippen MR) is 101 cm³/mol. The summed E-state index contributed by atoms with van der Waals surface area (Å²) in [6.07, 6.45) is 4.68. The van der Waals surface area contributed by atoms with Gasteiger partial charge in [-0.1, -0.05) is 0 Å². The second-order valence-electron chi connectivity index (χ2n) is 6.79. The zero-order valence-corrected chi connectivity index (χ0v) is 15.3. The first-order valence-electron chi connectivity index (χ1n) is 9.09. The molecule has 4 rings (SSSR count). The molecule has 3 heterocycles. The van der Waals surface area contributed by atoms with Crippen LogP contribution >= 0.6 is 0 Å². The summed E-state index contributed by atoms with van der Waals surface area (Å²) in [6, 6.07) is 8.91. The molecule has 1 aliphatic heterocycles. The molecule has 7 nitrogen and oxygen atoms in total. The van der Waals surface area contributed by atoms with E-state index in [0.717, 1.165) is 24.9 Å². The van der Waals surface area contributed by atoms with Crippen LogP contribution in [0.15, 0.2) is 36.7 Å². The standard InChI is InChI=1S/C20H19FN6O/c1-12-8-14(6-7-28-12)19-23-11-17(26-19)18-16(21)10-24-20(27-18)25-15-4-2-13(9-22)3-5-15/h2-5,10-12,14H,6-8H2,1H3,(H,23,26)(H,24,25,27). The van der Waals surface area contributed by atoms with Gasteiger partial charge in [-0.2, -0.15) is 5.26 Å². The number of aromatic amines is 1. The molecule has 2 N–H and O–H groups in total. The van der Waals surface area contributed by atoms with Crippen molar-refractivity contribution in [2.45, 2.75) is 31.8 Å². The Bertz CT molecular complexity index is 1010. The molecule has 0 saturated carbocycles. The van der Waals surface area contributed by atoms with Crippen LogP contribution in [0.1, 0.15) is 37.1 Å². The number of imidazole rings is 1. The summed E-state index contributed by atoms with van der Waals surface area (Å²) in [5.74, 6) is 0.821. The molecule has 0 spiro atoms. The zero-order chi connectivity index (χ0) is 19.5. The van der Waals surface area contributed by atoms with Gasteiger partial charge in [0.1, 0.15) is 11.5 Å². The fourth-order valence-electron chi connectivity index (χ4n) is 3.28. The van der Waals surface area contributed by atoms with Crippen LogP contribution in [0.4, 0.5) is 16.0 Å². The number of hydrogen-bond acceptors (Lipinski definition) is 6. The van der Waals surface area contributed by atoms with Gasteiger partial charge in [-0.05, 0) is 44.0 Å². The van der Waals surface area contributed by atoms with Crippen LogP contribution in [-0.4, -0.2) is 32.6 Å². The van der Waals surface area contributed by atoms with Gasteiger partial charge < -0.3 is 15.0 Å². The number of halogens is 1. The van der Waals surface area contributed by atoms with Gasteiger partial charge in [-0.25, -0.2) is 19.3 Å². The van der Waals surface area contributed by atoms with E-state index in [-0.39, 0.29) is 23.7 Å². The molecule has 2 atom stereocenters. The first kappa shape index (κ1) is 18.1. The molecule has 3 aromatic rings. The summed E-state index contributed by atoms with van der Waals surface area (Å²) in [5, 5.41) is 11.9. The van der Waals surface area contributed by atoms with Crippen molar-refractivity contribution >= 4 is 11.6 Å². The Hall–Kier alpha value is -3.31. The van der Waals surface area contributed by atoms with E-state index in [4.69, 9.17) is 10.00 Å². The minimum Gasteiger partial charge on any atom is -0.378 e. The number of benzene rings is 1. The highest BCUT2D eigenvalue weighted by atomic mass is 19.1. The van der Waals surface area contributed by atoms with Gasteiger partial charge >= 0.3 is 0 Å². The number of H-pyrrole nitrogens is 1. The fraction of sp³-hybridized carbons (Fsp3) is 0.300. The summed E-state index contributed by atoms with van der Waals surface area (Å²) < 4.78 is 19.9. The van der Waals surface area contributed by atoms with Crippen molar-refractivity contribution in [2.75, 3.05) is 11.9 Å². The fourth-order valence-corrected chi connectivity index (χ4v) is 3.28. The third-order valence-corrected chi connectivity index (χ3v) is 4.74. The van der Waals surface area contributed by atoms with Crippen LogP contribution in [0, 0.1) is 17.1 Å². The minimum absolute atomic E-state index is 0.157. The van der Waals surface area contributed by atoms with E-state index in [1.807, 2.05) is 6.92 Å². The molecule has 2 aromatic heterocycles. The number of hydrogen-bond donors (Lipinski definition) is 2. The van der Waals surface area contributed by atoms with Crippen LogP contribution in [0.3, 0.4) is 0 Å². The maximum atomic E-state index is 14.3. The second-order valence-corrected chi connectivity index (χ2v) is 6.79. The lowest BCUT2D eigenvalue weighted by Crippen LogP contribution is -2.22. The SMILES string of the molecule is CC1CC(c2ncc(-c3nc(Nc4ccc(C#N)cc4)ncc3F)[nH]2)CCO1. The van der Waals surface area contributed by atoms with E-state index < -0.39 is 5.82 Å². The third kappa shape index (κ3) is 3.85. The molecule has 2 unspecified atom stereocenters. The second kappa shape index (κ2) is 7.74. The Balaban J connectivity index is 1.56. The molecule has 1 saturated heterocycles. The average Bonchev–Trinajstić information content (AvgIpc) is 3.20. The lowest BCUT2D eigenvalue weighted by atomic mass is 9.96. The minimum atomic E-state index is -0.527. The van der Waals surface area contributed by atoms with Crippen molar-refractivity contribution in [3.63, 3.8) is 0 Å². The highest BCUT2D eigenvalue weighted by Gasteiger charge is 2.24. The van der Waals surface area contributed by atoms with Gasteiger partial charge in [0.25, 0.3) is 0 Å². The van der Waals surface area contributed by atoms with E-state index in [2.05, 4.69) is 31.3 Å². The van der Waals surface area contributed by atoms with Crippen molar-refractivity contribution in [2.24, 2.45) is 0 Å². The molecule has 1 aromatic carbocycles. The molecule has 0 amide bonds. The highest BCUT2D eigenvalue weighted by Crippen LogP contribution is 2.30. The van der Waals surface area contributed by atoms with Crippen LogP contribution in [0.5, 0.6) is 0 Å². The Morgan fingerprint density at radius 2 is 2.07 bits per heavy atom. The quantitative estimate of drug-likeness (QED) is 0.714. The number of nitriles is 1. The Morgan fingerprint density at radius 3 is 2.82 bits per heavy atom. The summed E-state index contributed by atoms with van der Waals surface area (Å²) in [7, 11) is 0. The van der Waals surface area contributed by atoms with Crippen molar-refractivity contribution < 1.29 is 9.13 Å². The molecule has 142 valence electrons. The monoisotopic (exact) mass is 378 g/mol. The molecule has 0 radical (unpaired) electrons. The molecule has 1 aliphatic rings. The smallest absolute Gasteiger partial charge is 0.227 e. The maximum absolute atomic E-state index is 14.3. The number of aromatic nitrogens is 4. The van der Waals surface area contributed by atoms with E-state index in [1.54, 1.807) is 30.5 Å². The number of anilines is 2. The summed E-state index contributed by atoms with van der Waals surface area (Å²) in [5.41, 5.74) is 1.93. The van der Waals surface area contributed by atoms with Gasteiger partial charge in [0.05, 0.1) is 35.8 Å². The van der Waals surface area contributed by atoms with Crippen LogP contribution < -0.4 is 5.32 Å². The Labute approximate surface area is 161 Å². The molecule has 0 aliphatic carbocycles. The first-order chi connectivity index (χ1) is 13.6. The van der Waals surface area contributed by atoms with E-state index in [1.165, 1.54) is 0 Å². The summed E-state index contributed by atoms with van der Waals surface area (Å²) in [6.45, 7) is 2.74. The average molecular weight is 378 g/mol. The number of ether oxygens (including phenoxy) is 1. The van der Waals surface area contributed by atoms with Gasteiger partial charge in [0.2, 0.25) is 5.95 Å². The Kier molecular flexibility index (Phi) is 5.00. The lowest BCUT2D eigenvalue weighted by Gasteiger charge is -2.25. The van der Waals surface area contributed by atoms with E-state index >= 15 is 0 Å². The summed E-state index contributed by atoms with van der Waals surface area (Å²) >= 11 is 0. The highest BCUT2D eigenvalue weighted by molar-refractivity contribution is 5.59. The van der Waals surface area contributed by atoms with E-state index in [9.17, 15) is 4.39 Å². The maximum Gasteiger partial charge on any atom is 0.227 e. The van der Waals surface area contributed by atoms with Gasteiger partial charge in [-0.15, -0.1) is 0 Å². The molecule has 28 heavy (non-hydrogen) atoms. The predicted octanol–water partition coefficient (Wildman–Crippen LogP) is 3.90.